The monoisotopic (exact) mass is 292 g/mol. The summed E-state index contributed by atoms with van der Waals surface area (Å²) in [6.07, 6.45) is 2.77. The average Bonchev–Trinajstić information content (AvgIpc) is 2.31. The van der Waals surface area contributed by atoms with Crippen LogP contribution in [-0.4, -0.2) is 28.1 Å². The molecule has 0 aromatic carbocycles. The molecular weight excluding hydrogens is 276 g/mol. The standard InChI is InChI=1S/C4H6O2.2C3H4O2.C2H3Cl/c1-3-6-4(2)5;2*1-2-3(4)5;1-2-3/h3H,1H2,2H3;2*2H,1H2,(H,4,5);2H,1H2. The maximum Gasteiger partial charge on any atom is 0.327 e. The van der Waals surface area contributed by atoms with Gasteiger partial charge in [0.2, 0.25) is 0 Å². The van der Waals surface area contributed by atoms with Gasteiger partial charge in [-0.2, -0.15) is 0 Å². The maximum absolute atomic E-state index is 9.75. The molecule has 0 heterocycles. The number of aliphatic carboxylic acids is 2. The number of carbonyl (C=O) groups is 3. The first-order valence-electron chi connectivity index (χ1n) is 4.43. The van der Waals surface area contributed by atoms with Crippen molar-refractivity contribution in [3.8, 4) is 0 Å². The molecule has 0 saturated carbocycles. The minimum Gasteiger partial charge on any atom is -0.478 e. The Morgan fingerprint density at radius 3 is 1.21 bits per heavy atom. The third kappa shape index (κ3) is 135. The van der Waals surface area contributed by atoms with E-state index >= 15 is 0 Å². The smallest absolute Gasteiger partial charge is 0.327 e. The molecule has 0 unspecified atom stereocenters. The number of halogens is 1. The van der Waals surface area contributed by atoms with Gasteiger partial charge in [-0.25, -0.2) is 9.59 Å². The number of hydrogen-bond acceptors (Lipinski definition) is 4. The van der Waals surface area contributed by atoms with Crippen molar-refractivity contribution in [2.45, 2.75) is 6.92 Å². The fourth-order valence-corrected chi connectivity index (χ4v) is 0.117. The fourth-order valence-electron chi connectivity index (χ4n) is 0.117. The van der Waals surface area contributed by atoms with Gasteiger partial charge in [0.05, 0.1) is 6.26 Å². The Morgan fingerprint density at radius 2 is 1.21 bits per heavy atom. The molecule has 0 bridgehead atoms. The van der Waals surface area contributed by atoms with E-state index < -0.39 is 11.9 Å². The summed E-state index contributed by atoms with van der Waals surface area (Å²) in [6, 6.07) is 0. The summed E-state index contributed by atoms with van der Waals surface area (Å²) in [4.78, 5) is 28.3. The van der Waals surface area contributed by atoms with E-state index in [1.165, 1.54) is 12.5 Å². The molecule has 0 atom stereocenters. The lowest BCUT2D eigenvalue weighted by atomic mass is 10.7. The van der Waals surface area contributed by atoms with Crippen molar-refractivity contribution < 1.29 is 29.3 Å². The van der Waals surface area contributed by atoms with Gasteiger partial charge < -0.3 is 14.9 Å². The SMILES string of the molecule is C=CC(=O)O.C=CC(=O)O.C=CCl.C=COC(C)=O. The van der Waals surface area contributed by atoms with Gasteiger partial charge in [-0.1, -0.05) is 37.9 Å². The number of carboxylic acid groups (broad SMARTS) is 2. The highest BCUT2D eigenvalue weighted by Gasteiger charge is 1.79. The summed E-state index contributed by atoms with van der Waals surface area (Å²) >= 11 is 4.76. The first-order chi connectivity index (χ1) is 8.72. The molecule has 0 aliphatic carbocycles. The van der Waals surface area contributed by atoms with Gasteiger partial charge in [-0.05, 0) is 5.54 Å². The second kappa shape index (κ2) is 24.8. The van der Waals surface area contributed by atoms with Gasteiger partial charge in [0.15, 0.2) is 0 Å². The van der Waals surface area contributed by atoms with Crippen molar-refractivity contribution in [3.05, 3.63) is 50.3 Å². The average molecular weight is 293 g/mol. The Labute approximate surface area is 117 Å². The Morgan fingerprint density at radius 1 is 1.00 bits per heavy atom. The summed E-state index contributed by atoms with van der Waals surface area (Å²) in [6.45, 7) is 13.5. The van der Waals surface area contributed by atoms with Crippen molar-refractivity contribution in [3.63, 3.8) is 0 Å². The van der Waals surface area contributed by atoms with Crippen LogP contribution in [0.5, 0.6) is 0 Å². The van der Waals surface area contributed by atoms with Gasteiger partial charge in [0.1, 0.15) is 0 Å². The summed E-state index contributed by atoms with van der Waals surface area (Å²) < 4.78 is 4.17. The van der Waals surface area contributed by atoms with Crippen LogP contribution >= 0.6 is 11.6 Å². The second-order valence-corrected chi connectivity index (χ2v) is 2.32. The van der Waals surface area contributed by atoms with E-state index in [9.17, 15) is 14.4 Å². The highest BCUT2D eigenvalue weighted by molar-refractivity contribution is 6.25. The molecule has 6 nitrogen and oxygen atoms in total. The fraction of sp³-hybridized carbons (Fsp3) is 0.0833. The molecule has 0 amide bonds. The molecule has 2 N–H and O–H groups in total. The summed E-state index contributed by atoms with van der Waals surface area (Å²) in [5.74, 6) is -2.29. The maximum atomic E-state index is 9.75. The minimum absolute atomic E-state index is 0.329. The first kappa shape index (κ1) is 25.5. The van der Waals surface area contributed by atoms with Gasteiger partial charge in [-0.3, -0.25) is 4.79 Å². The molecule has 0 fully saturated rings. The molecule has 0 radical (unpaired) electrons. The summed E-state index contributed by atoms with van der Waals surface area (Å²) in [5, 5.41) is 15.2. The van der Waals surface area contributed by atoms with Gasteiger partial charge in [-0.15, -0.1) is 0 Å². The van der Waals surface area contributed by atoms with Crippen LogP contribution in [0.3, 0.4) is 0 Å². The number of ether oxygens (including phenoxy) is 1. The van der Waals surface area contributed by atoms with Crippen LogP contribution in [0.1, 0.15) is 6.92 Å². The van der Waals surface area contributed by atoms with Gasteiger partial charge >= 0.3 is 17.9 Å². The van der Waals surface area contributed by atoms with Crippen molar-refractivity contribution in [2.24, 2.45) is 0 Å². The molecule has 0 aliphatic heterocycles. The van der Waals surface area contributed by atoms with E-state index in [0.29, 0.717) is 0 Å². The predicted molar refractivity (Wildman–Crippen MR) is 73.7 cm³/mol. The number of carbonyl (C=O) groups excluding carboxylic acids is 1. The predicted octanol–water partition coefficient (Wildman–Crippen LogP) is 2.58. The topological polar surface area (TPSA) is 101 Å². The number of hydrogen-bond donors (Lipinski definition) is 2. The van der Waals surface area contributed by atoms with Gasteiger partial charge in [0, 0.05) is 19.1 Å². The zero-order valence-electron chi connectivity index (χ0n) is 10.5. The summed E-state index contributed by atoms with van der Waals surface area (Å²) in [7, 11) is 0. The van der Waals surface area contributed by atoms with Crippen LogP contribution in [0.25, 0.3) is 0 Å². The zero-order valence-corrected chi connectivity index (χ0v) is 11.3. The largest absolute Gasteiger partial charge is 0.478 e. The highest BCUT2D eigenvalue weighted by Crippen LogP contribution is 1.70. The quantitative estimate of drug-likeness (QED) is 0.471. The lowest BCUT2D eigenvalue weighted by molar-refractivity contribution is -0.135. The van der Waals surface area contributed by atoms with Crippen LogP contribution in [0.15, 0.2) is 50.3 Å². The van der Waals surface area contributed by atoms with E-state index in [-0.39, 0.29) is 5.97 Å². The Hall–Kier alpha value is -2.34. The van der Waals surface area contributed by atoms with E-state index in [1.54, 1.807) is 0 Å². The minimum atomic E-state index is -0.981. The second-order valence-electron chi connectivity index (χ2n) is 2.02. The molecular formula is C12H17ClO6. The van der Waals surface area contributed by atoms with Crippen LogP contribution in [0.4, 0.5) is 0 Å². The lowest BCUT2D eigenvalue weighted by Crippen LogP contribution is -1.87. The molecule has 0 saturated heterocycles. The Bertz CT molecular complexity index is 291. The number of esters is 1. The van der Waals surface area contributed by atoms with E-state index in [4.69, 9.17) is 21.8 Å². The highest BCUT2D eigenvalue weighted by atomic mass is 35.5. The van der Waals surface area contributed by atoms with Crippen molar-refractivity contribution in [1.29, 1.82) is 0 Å². The van der Waals surface area contributed by atoms with Crippen LogP contribution in [-0.2, 0) is 19.1 Å². The molecule has 108 valence electrons. The molecule has 7 heteroatoms. The van der Waals surface area contributed by atoms with Gasteiger partial charge in [0.25, 0.3) is 0 Å². The molecule has 0 aromatic heterocycles. The van der Waals surface area contributed by atoms with Crippen molar-refractivity contribution in [1.82, 2.24) is 0 Å². The normalized spacial score (nSPS) is 6.21. The van der Waals surface area contributed by atoms with Crippen LogP contribution in [0.2, 0.25) is 0 Å². The van der Waals surface area contributed by atoms with E-state index in [2.05, 4.69) is 31.1 Å². The molecule has 0 aromatic rings. The van der Waals surface area contributed by atoms with Crippen LogP contribution < -0.4 is 0 Å². The molecule has 0 aliphatic rings. The lowest BCUT2D eigenvalue weighted by Gasteiger charge is -1.83. The Kier molecular flexibility index (Phi) is 33.2. The zero-order chi connectivity index (χ0) is 16.3. The van der Waals surface area contributed by atoms with E-state index in [1.807, 2.05) is 0 Å². The third-order valence-corrected chi connectivity index (χ3v) is 0.599. The van der Waals surface area contributed by atoms with Crippen molar-refractivity contribution >= 4 is 29.5 Å². The molecule has 0 spiro atoms. The number of carboxylic acids is 2. The van der Waals surface area contributed by atoms with Crippen LogP contribution in [0, 0.1) is 0 Å². The molecule has 0 rings (SSSR count). The molecule has 19 heavy (non-hydrogen) atoms. The first-order valence-corrected chi connectivity index (χ1v) is 4.86. The van der Waals surface area contributed by atoms with Crippen molar-refractivity contribution in [2.75, 3.05) is 0 Å². The van der Waals surface area contributed by atoms with E-state index in [0.717, 1.165) is 18.4 Å². The Balaban J connectivity index is -0.0000000811. The third-order valence-electron chi connectivity index (χ3n) is 0.599. The number of rotatable bonds is 3. The summed E-state index contributed by atoms with van der Waals surface area (Å²) in [5.41, 5.74) is 1.22.